The quantitative estimate of drug-likeness (QED) is 0.165. The number of benzene rings is 6. The molecule has 66 heavy (non-hydrogen) atoms. The number of aromatic hydroxyl groups is 1. The van der Waals surface area contributed by atoms with E-state index >= 15 is 0 Å². The minimum absolute atomic E-state index is 0.106. The minimum Gasteiger partial charge on any atom is -0.505 e. The average Bonchev–Trinajstić information content (AvgIpc) is 3.73. The van der Waals surface area contributed by atoms with Gasteiger partial charge in [0.25, 0.3) is 0 Å². The summed E-state index contributed by atoms with van der Waals surface area (Å²) in [4.78, 5) is 20.9. The molecule has 0 unspecified atom stereocenters. The van der Waals surface area contributed by atoms with Gasteiger partial charge in [0.05, 0.1) is 11.4 Å². The topological polar surface area (TPSA) is 76.7 Å². The summed E-state index contributed by atoms with van der Waals surface area (Å²) in [5.41, 5.74) is 15.9. The zero-order chi connectivity index (χ0) is 45.6. The fraction of sp³-hybridized carbons (Fsp3) is 0.133. The van der Waals surface area contributed by atoms with E-state index < -0.39 is 5.41 Å². The summed E-state index contributed by atoms with van der Waals surface area (Å²) < 4.78 is 2.13. The van der Waals surface area contributed by atoms with Gasteiger partial charge >= 0.3 is 0 Å². The Balaban J connectivity index is 1.20. The molecule has 6 nitrogen and oxygen atoms in total. The van der Waals surface area contributed by atoms with Crippen LogP contribution in [0.3, 0.4) is 0 Å². The lowest BCUT2D eigenvalue weighted by molar-refractivity contribution is 0.441. The third kappa shape index (κ3) is 7.96. The number of imidazole rings is 1. The molecular formula is C60H51N5O. The molecular weight excluding hydrogens is 807 g/mol. The van der Waals surface area contributed by atoms with E-state index in [2.05, 4.69) is 204 Å². The Bertz CT molecular complexity index is 3300. The molecule has 0 saturated carbocycles. The van der Waals surface area contributed by atoms with Crippen molar-refractivity contribution in [3.05, 3.63) is 206 Å². The van der Waals surface area contributed by atoms with E-state index in [0.717, 1.165) is 72.7 Å². The van der Waals surface area contributed by atoms with Crippen LogP contribution >= 0.6 is 0 Å². The number of hydrogen-bond donors (Lipinski definition) is 1. The van der Waals surface area contributed by atoms with Crippen LogP contribution in [0.4, 0.5) is 0 Å². The molecule has 6 aromatic carbocycles. The Kier molecular flexibility index (Phi) is 10.7. The Labute approximate surface area is 387 Å². The molecule has 6 heteroatoms. The molecule has 0 saturated heterocycles. The molecule has 0 radical (unpaired) electrons. The first kappa shape index (κ1) is 42.0. The first-order valence-corrected chi connectivity index (χ1v) is 22.5. The smallest absolute Gasteiger partial charge is 0.169 e. The van der Waals surface area contributed by atoms with Gasteiger partial charge in [0.15, 0.2) is 11.5 Å². The molecule has 0 bridgehead atoms. The highest BCUT2D eigenvalue weighted by molar-refractivity contribution is 5.97. The maximum Gasteiger partial charge on any atom is 0.169 e. The van der Waals surface area contributed by atoms with Crippen LogP contribution in [-0.2, 0) is 10.8 Å². The van der Waals surface area contributed by atoms with Crippen molar-refractivity contribution in [2.45, 2.75) is 52.4 Å². The fourth-order valence-electron chi connectivity index (χ4n) is 8.81. The van der Waals surface area contributed by atoms with Crippen LogP contribution in [0.15, 0.2) is 194 Å². The normalized spacial score (nSPS) is 11.8. The third-order valence-electron chi connectivity index (χ3n) is 12.3. The molecule has 0 atom stereocenters. The summed E-state index contributed by atoms with van der Waals surface area (Å²) >= 11 is 0. The molecule has 1 N–H and O–H groups in total. The van der Waals surface area contributed by atoms with Crippen LogP contribution in [0.25, 0.3) is 95.3 Å². The number of rotatable bonds is 8. The van der Waals surface area contributed by atoms with Crippen molar-refractivity contribution in [1.29, 1.82) is 0 Å². The molecule has 0 aliphatic carbocycles. The van der Waals surface area contributed by atoms with Gasteiger partial charge in [-0.05, 0) is 74.7 Å². The highest BCUT2D eigenvalue weighted by Gasteiger charge is 2.31. The Morgan fingerprint density at radius 2 is 0.955 bits per heavy atom. The minimum atomic E-state index is -0.392. The molecule has 10 aromatic rings. The summed E-state index contributed by atoms with van der Waals surface area (Å²) in [5, 5.41) is 12.5. The second kappa shape index (κ2) is 16.9. The van der Waals surface area contributed by atoms with Crippen molar-refractivity contribution in [2.24, 2.45) is 0 Å². The summed E-state index contributed by atoms with van der Waals surface area (Å²) in [5.74, 6) is 0.609. The first-order chi connectivity index (χ1) is 31.9. The number of pyridine rings is 3. The molecule has 0 aliphatic heterocycles. The molecule has 10 rings (SSSR count). The summed E-state index contributed by atoms with van der Waals surface area (Å²) in [6.45, 7) is 12.8. The van der Waals surface area contributed by atoms with Gasteiger partial charge in [-0.2, -0.15) is 0 Å². The highest BCUT2D eigenvalue weighted by atomic mass is 16.3. The number of nitrogens with zero attached hydrogens (tertiary/aromatic N) is 5. The van der Waals surface area contributed by atoms with E-state index in [9.17, 15) is 5.11 Å². The SMILES string of the molecule is CC(C)(C)c1cc(C(C)(C)C)c(O)c(-c2nc3c(-c4cccc(-c5cc(-c6ccc(-c7ccccc7)cc6)ccn5)c4)ccnc3n2-c2c(-c3ccccc3)cccc2-c2ccccc2)n1. The van der Waals surface area contributed by atoms with Gasteiger partial charge in [0.2, 0.25) is 0 Å². The zero-order valence-electron chi connectivity index (χ0n) is 38.2. The van der Waals surface area contributed by atoms with Crippen molar-refractivity contribution in [3.8, 4) is 89.8 Å². The van der Waals surface area contributed by atoms with Crippen LogP contribution < -0.4 is 0 Å². The van der Waals surface area contributed by atoms with Gasteiger partial charge < -0.3 is 5.11 Å². The number of fused-ring (bicyclic) bond motifs is 1. The van der Waals surface area contributed by atoms with Crippen LogP contribution in [0.5, 0.6) is 5.75 Å². The predicted octanol–water partition coefficient (Wildman–Crippen LogP) is 15.2. The first-order valence-electron chi connectivity index (χ1n) is 22.5. The van der Waals surface area contributed by atoms with Gasteiger partial charge in [0.1, 0.15) is 17.0 Å². The molecule has 0 spiro atoms. The Morgan fingerprint density at radius 3 is 1.56 bits per heavy atom. The summed E-state index contributed by atoms with van der Waals surface area (Å²) in [6.07, 6.45) is 3.74. The highest BCUT2D eigenvalue weighted by Crippen LogP contribution is 2.45. The Morgan fingerprint density at radius 1 is 0.424 bits per heavy atom. The van der Waals surface area contributed by atoms with Crippen LogP contribution in [-0.4, -0.2) is 29.6 Å². The van der Waals surface area contributed by atoms with E-state index in [-0.39, 0.29) is 11.2 Å². The van der Waals surface area contributed by atoms with Crippen molar-refractivity contribution in [3.63, 3.8) is 0 Å². The van der Waals surface area contributed by atoms with E-state index in [4.69, 9.17) is 19.9 Å². The molecule has 0 aliphatic rings. The molecule has 4 heterocycles. The van der Waals surface area contributed by atoms with Crippen LogP contribution in [0, 0.1) is 0 Å². The predicted molar refractivity (Wildman–Crippen MR) is 272 cm³/mol. The largest absolute Gasteiger partial charge is 0.505 e. The van der Waals surface area contributed by atoms with Crippen molar-refractivity contribution >= 4 is 11.2 Å². The number of para-hydroxylation sites is 1. The van der Waals surface area contributed by atoms with Crippen molar-refractivity contribution in [2.75, 3.05) is 0 Å². The summed E-state index contributed by atoms with van der Waals surface area (Å²) in [7, 11) is 0. The van der Waals surface area contributed by atoms with Crippen molar-refractivity contribution < 1.29 is 5.11 Å². The molecule has 4 aromatic heterocycles. The third-order valence-corrected chi connectivity index (χ3v) is 12.3. The lowest BCUT2D eigenvalue weighted by atomic mass is 9.82. The maximum atomic E-state index is 12.5. The van der Waals surface area contributed by atoms with Gasteiger partial charge in [-0.15, -0.1) is 0 Å². The standard InChI is InChI=1S/C60H51N5O/c1-59(2,3)50-38-52(60(4,5)6)63-54(56(50)66)58-64-53-47(33-35-62-57(53)65(58)55-48(42-20-12-8-13-21-42)26-17-27-49(55)43-22-14-9-15-23-43)45-24-16-25-46(36-45)51-37-44(32-34-61-51)41-30-28-40(29-31-41)39-18-10-7-11-19-39/h7-38,66H,1-6H3. The lowest BCUT2D eigenvalue weighted by Gasteiger charge is -2.27. The summed E-state index contributed by atoms with van der Waals surface area (Å²) in [6, 6.07) is 63.2. The van der Waals surface area contributed by atoms with Gasteiger partial charge in [0, 0.05) is 51.3 Å². The van der Waals surface area contributed by atoms with E-state index in [0.29, 0.717) is 22.7 Å². The second-order valence-corrected chi connectivity index (χ2v) is 18.9. The van der Waals surface area contributed by atoms with Crippen molar-refractivity contribution in [1.82, 2.24) is 24.5 Å². The average molecular weight is 858 g/mol. The van der Waals surface area contributed by atoms with E-state index in [1.807, 2.05) is 36.7 Å². The maximum absolute atomic E-state index is 12.5. The fourth-order valence-corrected chi connectivity index (χ4v) is 8.81. The molecule has 322 valence electrons. The van der Waals surface area contributed by atoms with Gasteiger partial charge in [-0.25, -0.2) is 15.0 Å². The number of aromatic nitrogens is 5. The Hall–Kier alpha value is -7.96. The van der Waals surface area contributed by atoms with Crippen LogP contribution in [0.1, 0.15) is 52.8 Å². The monoisotopic (exact) mass is 857 g/mol. The van der Waals surface area contributed by atoms with Gasteiger partial charge in [-0.3, -0.25) is 9.55 Å². The zero-order valence-corrected chi connectivity index (χ0v) is 38.2. The van der Waals surface area contributed by atoms with Gasteiger partial charge in [-0.1, -0.05) is 193 Å². The van der Waals surface area contributed by atoms with E-state index in [1.54, 1.807) is 0 Å². The number of hydrogen-bond acceptors (Lipinski definition) is 5. The molecule has 0 fully saturated rings. The second-order valence-electron chi connectivity index (χ2n) is 18.9. The molecule has 0 amide bonds. The van der Waals surface area contributed by atoms with E-state index in [1.165, 1.54) is 11.1 Å². The lowest BCUT2D eigenvalue weighted by Crippen LogP contribution is -2.19. The van der Waals surface area contributed by atoms with Crippen LogP contribution in [0.2, 0.25) is 0 Å².